The molecule has 8 heteroatoms. The van der Waals surface area contributed by atoms with Gasteiger partial charge in [-0.05, 0) is 13.0 Å². The van der Waals surface area contributed by atoms with Crippen molar-refractivity contribution in [3.8, 4) is 0 Å². The molecular formula is C6H6ClNO4S2. The minimum Gasteiger partial charge on any atom is -0.294 e. The van der Waals surface area contributed by atoms with Gasteiger partial charge in [-0.15, -0.1) is 11.3 Å². The normalized spacial score (nSPS) is 11.4. The maximum absolute atomic E-state index is 11.0. The van der Waals surface area contributed by atoms with Gasteiger partial charge in [0.2, 0.25) is 0 Å². The Morgan fingerprint density at radius 3 is 2.64 bits per heavy atom. The Morgan fingerprint density at radius 1 is 1.64 bits per heavy atom. The molecule has 0 saturated carbocycles. The molecule has 0 amide bonds. The number of thiophene rings is 1. The van der Waals surface area contributed by atoms with E-state index >= 15 is 0 Å². The molecule has 0 aliphatic heterocycles. The highest BCUT2D eigenvalue weighted by Crippen LogP contribution is 2.32. The van der Waals surface area contributed by atoms with E-state index in [9.17, 15) is 13.2 Å². The van der Waals surface area contributed by atoms with Gasteiger partial charge in [0.05, 0.1) is 9.90 Å². The molecule has 0 fully saturated rings. The van der Waals surface area contributed by atoms with Gasteiger partial charge in [0.1, 0.15) is 5.00 Å². The van der Waals surface area contributed by atoms with Crippen molar-refractivity contribution in [1.82, 2.24) is 0 Å². The Kier molecular flexibility index (Phi) is 3.15. The molecule has 1 rings (SSSR count). The van der Waals surface area contributed by atoms with Crippen LogP contribution in [-0.2, 0) is 10.3 Å². The van der Waals surface area contributed by atoms with E-state index in [-0.39, 0.29) is 20.7 Å². The van der Waals surface area contributed by atoms with Crippen LogP contribution in [0.4, 0.5) is 5.00 Å². The van der Waals surface area contributed by atoms with Gasteiger partial charge < -0.3 is 0 Å². The molecule has 5 nitrogen and oxygen atoms in total. The maximum Gasteiger partial charge on any atom is 0.358 e. The summed E-state index contributed by atoms with van der Waals surface area (Å²) in [6.45, 7) is 1.27. The summed E-state index contributed by atoms with van der Waals surface area (Å²) in [5.41, 5.74) is 0.137. The van der Waals surface area contributed by atoms with Gasteiger partial charge in [0.25, 0.3) is 0 Å². The number of anilines is 1. The molecule has 1 aromatic rings. The second kappa shape index (κ2) is 3.85. The zero-order chi connectivity index (χ0) is 10.9. The number of halogens is 1. The second-order valence-corrected chi connectivity index (χ2v) is 5.26. The van der Waals surface area contributed by atoms with Crippen molar-refractivity contribution >= 4 is 44.0 Å². The molecule has 78 valence electrons. The third-order valence-electron chi connectivity index (χ3n) is 1.30. The number of carbonyl (C=O) groups is 1. The molecule has 1 aromatic heterocycles. The first-order chi connectivity index (χ1) is 6.29. The topological polar surface area (TPSA) is 83.5 Å². The molecule has 0 spiro atoms. The summed E-state index contributed by atoms with van der Waals surface area (Å²) in [5.74, 6) is -0.334. The lowest BCUT2D eigenvalue weighted by Crippen LogP contribution is -2.11. The van der Waals surface area contributed by atoms with Crippen LogP contribution < -0.4 is 4.72 Å². The Bertz CT molecular complexity index is 464. The van der Waals surface area contributed by atoms with Crippen molar-refractivity contribution in [1.29, 1.82) is 0 Å². The molecule has 0 aliphatic carbocycles. The van der Waals surface area contributed by atoms with Crippen LogP contribution in [0.15, 0.2) is 6.07 Å². The Hall–Kier alpha value is -0.630. The fourth-order valence-electron chi connectivity index (χ4n) is 0.815. The van der Waals surface area contributed by atoms with Gasteiger partial charge in [-0.2, -0.15) is 8.42 Å². The SMILES string of the molecule is CC(=O)c1cc(Cl)sc1NS(=O)(=O)O. The summed E-state index contributed by atoms with van der Waals surface area (Å²) in [6.07, 6.45) is 0. The number of hydrogen-bond acceptors (Lipinski definition) is 4. The lowest BCUT2D eigenvalue weighted by atomic mass is 10.2. The molecule has 0 radical (unpaired) electrons. The quantitative estimate of drug-likeness (QED) is 0.637. The van der Waals surface area contributed by atoms with Crippen LogP contribution in [0.2, 0.25) is 4.34 Å². The minimum atomic E-state index is -4.37. The highest BCUT2D eigenvalue weighted by molar-refractivity contribution is 7.87. The van der Waals surface area contributed by atoms with Crippen LogP contribution in [0.1, 0.15) is 17.3 Å². The van der Waals surface area contributed by atoms with Crippen LogP contribution in [-0.4, -0.2) is 18.8 Å². The summed E-state index contributed by atoms with van der Waals surface area (Å²) < 4.78 is 31.5. The third kappa shape index (κ3) is 2.95. The molecule has 14 heavy (non-hydrogen) atoms. The summed E-state index contributed by atoms with van der Waals surface area (Å²) in [6, 6.07) is 1.34. The van der Waals surface area contributed by atoms with Crippen LogP contribution >= 0.6 is 22.9 Å². The van der Waals surface area contributed by atoms with Gasteiger partial charge in [-0.25, -0.2) is 0 Å². The van der Waals surface area contributed by atoms with Gasteiger partial charge in [0.15, 0.2) is 5.78 Å². The monoisotopic (exact) mass is 255 g/mol. The van der Waals surface area contributed by atoms with Crippen molar-refractivity contribution in [3.63, 3.8) is 0 Å². The van der Waals surface area contributed by atoms with E-state index < -0.39 is 10.3 Å². The summed E-state index contributed by atoms with van der Waals surface area (Å²) in [4.78, 5) is 11.0. The fraction of sp³-hybridized carbons (Fsp3) is 0.167. The third-order valence-corrected chi connectivity index (χ3v) is 3.07. The number of hydrogen-bond donors (Lipinski definition) is 2. The minimum absolute atomic E-state index is 0.0185. The predicted molar refractivity (Wildman–Crippen MR) is 54.5 cm³/mol. The molecular weight excluding hydrogens is 250 g/mol. The van der Waals surface area contributed by atoms with Crippen molar-refractivity contribution in [2.75, 3.05) is 4.72 Å². The Labute approximate surface area is 89.6 Å². The van der Waals surface area contributed by atoms with Gasteiger partial charge >= 0.3 is 10.3 Å². The summed E-state index contributed by atoms with van der Waals surface area (Å²) >= 11 is 6.45. The lowest BCUT2D eigenvalue weighted by Gasteiger charge is -2.00. The van der Waals surface area contributed by atoms with E-state index in [4.69, 9.17) is 16.2 Å². The predicted octanol–water partition coefficient (Wildman–Crippen LogP) is 1.82. The Balaban J connectivity index is 3.14. The van der Waals surface area contributed by atoms with Crippen LogP contribution in [0.5, 0.6) is 0 Å². The van der Waals surface area contributed by atoms with Gasteiger partial charge in [0, 0.05) is 0 Å². The molecule has 0 aliphatic rings. The highest BCUT2D eigenvalue weighted by atomic mass is 35.5. The molecule has 0 aromatic carbocycles. The number of ketones is 1. The van der Waals surface area contributed by atoms with Crippen molar-refractivity contribution in [2.45, 2.75) is 6.92 Å². The fourth-order valence-corrected chi connectivity index (χ4v) is 2.67. The van der Waals surface area contributed by atoms with Crippen molar-refractivity contribution < 1.29 is 17.8 Å². The first-order valence-corrected chi connectivity index (χ1v) is 5.98. The van der Waals surface area contributed by atoms with Gasteiger partial charge in [-0.1, -0.05) is 11.6 Å². The largest absolute Gasteiger partial charge is 0.358 e. The highest BCUT2D eigenvalue weighted by Gasteiger charge is 2.15. The Morgan fingerprint density at radius 2 is 2.21 bits per heavy atom. The first-order valence-electron chi connectivity index (χ1n) is 3.35. The van der Waals surface area contributed by atoms with E-state index in [1.807, 2.05) is 0 Å². The van der Waals surface area contributed by atoms with Crippen LogP contribution in [0.3, 0.4) is 0 Å². The van der Waals surface area contributed by atoms with E-state index in [0.717, 1.165) is 11.3 Å². The van der Waals surface area contributed by atoms with E-state index in [1.165, 1.54) is 13.0 Å². The van der Waals surface area contributed by atoms with Crippen LogP contribution in [0.25, 0.3) is 0 Å². The van der Waals surface area contributed by atoms with Crippen molar-refractivity contribution in [3.05, 3.63) is 16.0 Å². The maximum atomic E-state index is 11.0. The second-order valence-electron chi connectivity index (χ2n) is 2.43. The molecule has 0 unspecified atom stereocenters. The average Bonchev–Trinajstić information content (AvgIpc) is 2.27. The standard InChI is InChI=1S/C6H6ClNO4S2/c1-3(9)4-2-5(7)13-6(4)8-14(10,11)12/h2,8H,1H3,(H,10,11,12). The molecule has 0 atom stereocenters. The average molecular weight is 256 g/mol. The number of Topliss-reactive ketones (excluding diaryl/α,β-unsaturated/α-hetero) is 1. The first kappa shape index (κ1) is 11.4. The molecule has 0 saturated heterocycles. The number of carbonyl (C=O) groups excluding carboxylic acids is 1. The summed E-state index contributed by atoms with van der Waals surface area (Å²) in [5, 5.41) is 0.0185. The van der Waals surface area contributed by atoms with E-state index in [2.05, 4.69) is 0 Å². The lowest BCUT2D eigenvalue weighted by molar-refractivity contribution is 0.101. The van der Waals surface area contributed by atoms with E-state index in [1.54, 1.807) is 4.72 Å². The zero-order valence-electron chi connectivity index (χ0n) is 6.94. The molecule has 2 N–H and O–H groups in total. The smallest absolute Gasteiger partial charge is 0.294 e. The van der Waals surface area contributed by atoms with Crippen molar-refractivity contribution in [2.24, 2.45) is 0 Å². The van der Waals surface area contributed by atoms with Crippen LogP contribution in [0, 0.1) is 0 Å². The molecule has 1 heterocycles. The van der Waals surface area contributed by atoms with Gasteiger partial charge in [-0.3, -0.25) is 14.1 Å². The van der Waals surface area contributed by atoms with E-state index in [0.29, 0.717) is 0 Å². The molecule has 0 bridgehead atoms. The number of nitrogens with one attached hydrogen (secondary N) is 1. The number of rotatable bonds is 3. The zero-order valence-corrected chi connectivity index (χ0v) is 9.33. The summed E-state index contributed by atoms with van der Waals surface area (Å²) in [7, 11) is -4.37.